The summed E-state index contributed by atoms with van der Waals surface area (Å²) in [5.41, 5.74) is 23.0. The molecular weight excluding hydrogens is 1190 g/mol. The van der Waals surface area contributed by atoms with Gasteiger partial charge in [0, 0.05) is 16.8 Å². The highest BCUT2D eigenvalue weighted by Gasteiger charge is 2.24. The van der Waals surface area contributed by atoms with Gasteiger partial charge in [-0.25, -0.2) is 0 Å². The summed E-state index contributed by atoms with van der Waals surface area (Å²) < 4.78 is 0. The molecule has 0 heterocycles. The molecule has 0 aliphatic heterocycles. The molecule has 0 aromatic heterocycles. The standard InChI is InChI=1S/C54H36.C44H29N/c1-5-17-37(18-6-1)43-29-31-47(49(33-43)39-21-9-3-10-22-39)53-45-27-15-16-28-46(45)54(52-36-42-26-14-13-25-41(42)35-51(52)53)48-32-30-44(38-19-7-2-8-20-38)34-50(48)40-23-11-4-12-24-40;1-3-10-30(11-4-1)32-20-24-35(25-21-32)45(36-26-22-33(23-27-36)31-12-5-2-6-13-31)42-29-28-40-38-17-8-15-34-14-7-16-37(43(34)38)39-18-9-19-41(42)44(39)40/h1-36H;1-29H. The van der Waals surface area contributed by atoms with Gasteiger partial charge in [-0.2, -0.15) is 0 Å². The number of fused-ring (bicyclic) bond motifs is 5. The van der Waals surface area contributed by atoms with Crippen molar-refractivity contribution < 1.29 is 0 Å². The van der Waals surface area contributed by atoms with E-state index in [0.29, 0.717) is 0 Å². The number of nitrogens with zero attached hydrogens (tertiary/aromatic N) is 1. The average molecular weight is 1260 g/mol. The topological polar surface area (TPSA) is 3.24 Å². The summed E-state index contributed by atoms with van der Waals surface area (Å²) in [7, 11) is 0. The Morgan fingerprint density at radius 2 is 0.455 bits per heavy atom. The lowest BCUT2D eigenvalue weighted by atomic mass is 9.80. The largest absolute Gasteiger partial charge is 0.310 e. The second kappa shape index (κ2) is 25.3. The first-order chi connectivity index (χ1) is 49.1. The Kier molecular flexibility index (Phi) is 15.0. The molecule has 0 amide bonds. The van der Waals surface area contributed by atoms with Gasteiger partial charge in [-0.3, -0.25) is 0 Å². The van der Waals surface area contributed by atoms with Crippen LogP contribution >= 0.6 is 0 Å². The predicted molar refractivity (Wildman–Crippen MR) is 425 cm³/mol. The Hall–Kier alpha value is -12.9. The second-order valence-corrected chi connectivity index (χ2v) is 25.8. The van der Waals surface area contributed by atoms with Crippen molar-refractivity contribution in [2.45, 2.75) is 0 Å². The molecule has 0 N–H and O–H groups in total. The highest BCUT2D eigenvalue weighted by molar-refractivity contribution is 6.34. The average Bonchev–Trinajstić information content (AvgIpc) is 0.723. The van der Waals surface area contributed by atoms with Gasteiger partial charge in [-0.05, 0) is 214 Å². The number of rotatable bonds is 11. The van der Waals surface area contributed by atoms with Crippen molar-refractivity contribution in [1.29, 1.82) is 0 Å². The molecule has 0 spiro atoms. The molecule has 19 aromatic carbocycles. The van der Waals surface area contributed by atoms with Crippen LogP contribution in [0, 0.1) is 0 Å². The smallest absolute Gasteiger partial charge is 0.0540 e. The van der Waals surface area contributed by atoms with Crippen molar-refractivity contribution in [2.24, 2.45) is 0 Å². The molecule has 0 aliphatic rings. The molecule has 0 radical (unpaired) electrons. The van der Waals surface area contributed by atoms with Gasteiger partial charge in [0.05, 0.1) is 5.69 Å². The van der Waals surface area contributed by atoms with Crippen molar-refractivity contribution >= 4 is 92.5 Å². The number of anilines is 3. The lowest BCUT2D eigenvalue weighted by Gasteiger charge is -2.28. The zero-order valence-electron chi connectivity index (χ0n) is 54.5. The van der Waals surface area contributed by atoms with Crippen LogP contribution in [0.2, 0.25) is 0 Å². The van der Waals surface area contributed by atoms with E-state index < -0.39 is 0 Å². The van der Waals surface area contributed by atoms with Gasteiger partial charge in [-0.15, -0.1) is 0 Å². The van der Waals surface area contributed by atoms with Crippen LogP contribution in [0.4, 0.5) is 17.1 Å². The Morgan fingerprint density at radius 3 is 0.879 bits per heavy atom. The van der Waals surface area contributed by atoms with Gasteiger partial charge < -0.3 is 4.90 Å². The summed E-state index contributed by atoms with van der Waals surface area (Å²) in [6, 6.07) is 144. The molecule has 0 aliphatic carbocycles. The maximum atomic E-state index is 2.43. The minimum absolute atomic E-state index is 1.13. The molecule has 1 heteroatoms. The maximum Gasteiger partial charge on any atom is 0.0540 e. The van der Waals surface area contributed by atoms with Crippen LogP contribution in [0.15, 0.2) is 394 Å². The first kappa shape index (κ1) is 58.6. The van der Waals surface area contributed by atoms with E-state index in [1.807, 2.05) is 0 Å². The van der Waals surface area contributed by atoms with Crippen LogP contribution in [-0.4, -0.2) is 0 Å². The number of benzene rings is 19. The molecule has 0 saturated heterocycles. The minimum atomic E-state index is 1.13. The third-order valence-corrected chi connectivity index (χ3v) is 20.1. The van der Waals surface area contributed by atoms with Gasteiger partial charge in [0.15, 0.2) is 0 Å². The molecule has 19 rings (SSSR count). The van der Waals surface area contributed by atoms with E-state index in [9.17, 15) is 0 Å². The third kappa shape index (κ3) is 10.7. The first-order valence-electron chi connectivity index (χ1n) is 34.2. The minimum Gasteiger partial charge on any atom is -0.310 e. The third-order valence-electron chi connectivity index (χ3n) is 20.1. The van der Waals surface area contributed by atoms with Crippen LogP contribution in [0.5, 0.6) is 0 Å². The van der Waals surface area contributed by atoms with Crippen LogP contribution in [-0.2, 0) is 0 Å². The molecule has 0 bridgehead atoms. The fraction of sp³-hybridized carbons (Fsp3) is 0. The van der Waals surface area contributed by atoms with Crippen LogP contribution in [0.3, 0.4) is 0 Å². The molecule has 0 fully saturated rings. The van der Waals surface area contributed by atoms with Gasteiger partial charge in [0.25, 0.3) is 0 Å². The second-order valence-electron chi connectivity index (χ2n) is 25.8. The highest BCUT2D eigenvalue weighted by atomic mass is 15.1. The SMILES string of the molecule is c1ccc(-c2ccc(-c3c4ccccc4c(-c4ccc(-c5ccccc5)cc4-c4ccccc4)c4cc5ccccc5cc34)c(-c3ccccc3)c2)cc1.c1ccc(-c2ccc(N(c3ccc(-c4ccccc4)cc3)c3ccc4c5cccc6cccc(c7cccc3c74)c65)cc2)cc1. The van der Waals surface area contributed by atoms with E-state index >= 15 is 0 Å². The Balaban J connectivity index is 0.000000145. The molecule has 99 heavy (non-hydrogen) atoms. The Labute approximate surface area is 577 Å². The van der Waals surface area contributed by atoms with Gasteiger partial charge >= 0.3 is 0 Å². The molecule has 0 atom stereocenters. The van der Waals surface area contributed by atoms with E-state index in [-0.39, 0.29) is 0 Å². The summed E-state index contributed by atoms with van der Waals surface area (Å²) in [4.78, 5) is 2.41. The summed E-state index contributed by atoms with van der Waals surface area (Å²) in [5, 5.41) is 17.9. The Morgan fingerprint density at radius 1 is 0.152 bits per heavy atom. The molecule has 0 unspecified atom stereocenters. The highest BCUT2D eigenvalue weighted by Crippen LogP contribution is 2.51. The van der Waals surface area contributed by atoms with E-state index in [4.69, 9.17) is 0 Å². The lowest BCUT2D eigenvalue weighted by molar-refractivity contribution is 1.30. The lowest BCUT2D eigenvalue weighted by Crippen LogP contribution is -2.10. The van der Waals surface area contributed by atoms with Crippen molar-refractivity contribution in [3.8, 4) is 89.0 Å². The van der Waals surface area contributed by atoms with Gasteiger partial charge in [-0.1, -0.05) is 340 Å². The van der Waals surface area contributed by atoms with Crippen LogP contribution in [0.25, 0.3) is 164 Å². The van der Waals surface area contributed by atoms with E-state index in [1.165, 1.54) is 170 Å². The van der Waals surface area contributed by atoms with Crippen molar-refractivity contribution in [1.82, 2.24) is 0 Å². The van der Waals surface area contributed by atoms with E-state index in [1.54, 1.807) is 0 Å². The van der Waals surface area contributed by atoms with E-state index in [2.05, 4.69) is 399 Å². The Bertz CT molecular complexity index is 5810. The monoisotopic (exact) mass is 1260 g/mol. The fourth-order valence-corrected chi connectivity index (χ4v) is 15.4. The summed E-state index contributed by atoms with van der Waals surface area (Å²) in [6.45, 7) is 0. The summed E-state index contributed by atoms with van der Waals surface area (Å²) in [5.74, 6) is 0. The number of hydrogen-bond acceptors (Lipinski definition) is 1. The van der Waals surface area contributed by atoms with Gasteiger partial charge in [0.2, 0.25) is 0 Å². The zero-order chi connectivity index (χ0) is 65.6. The predicted octanol–water partition coefficient (Wildman–Crippen LogP) is 27.7. The van der Waals surface area contributed by atoms with Crippen molar-refractivity contribution in [3.05, 3.63) is 394 Å². The van der Waals surface area contributed by atoms with Crippen molar-refractivity contribution in [3.63, 3.8) is 0 Å². The molecule has 19 aromatic rings. The summed E-state index contributed by atoms with van der Waals surface area (Å²) >= 11 is 0. The van der Waals surface area contributed by atoms with Crippen molar-refractivity contribution in [2.75, 3.05) is 4.90 Å². The van der Waals surface area contributed by atoms with Crippen LogP contribution < -0.4 is 4.90 Å². The molecule has 1 nitrogen and oxygen atoms in total. The molecular formula is C98H65N. The number of hydrogen-bond donors (Lipinski definition) is 0. The zero-order valence-corrected chi connectivity index (χ0v) is 54.5. The first-order valence-corrected chi connectivity index (χ1v) is 34.2. The quantitative estimate of drug-likeness (QED) is 0.0922. The fourth-order valence-electron chi connectivity index (χ4n) is 15.4. The normalized spacial score (nSPS) is 11.4. The van der Waals surface area contributed by atoms with E-state index in [0.717, 1.165) is 11.4 Å². The van der Waals surface area contributed by atoms with Crippen LogP contribution in [0.1, 0.15) is 0 Å². The molecule has 0 saturated carbocycles. The maximum absolute atomic E-state index is 2.43. The molecule has 462 valence electrons. The van der Waals surface area contributed by atoms with Gasteiger partial charge in [0.1, 0.15) is 0 Å². The summed E-state index contributed by atoms with van der Waals surface area (Å²) in [6.07, 6.45) is 0.